The highest BCUT2D eigenvalue weighted by Gasteiger charge is 2.28. The molecular formula is C15H30N2. The van der Waals surface area contributed by atoms with Crippen LogP contribution in [0.4, 0.5) is 0 Å². The van der Waals surface area contributed by atoms with E-state index in [-0.39, 0.29) is 0 Å². The van der Waals surface area contributed by atoms with Crippen LogP contribution in [0.5, 0.6) is 0 Å². The molecule has 2 nitrogen and oxygen atoms in total. The van der Waals surface area contributed by atoms with Gasteiger partial charge in [-0.15, -0.1) is 0 Å². The standard InChI is InChI=1S/C15H30N2/c1-3-13-5-6-15(11-13)17(4-2)12-14-7-9-16-10-8-14/h13-16H,3-12H2,1-2H3. The van der Waals surface area contributed by atoms with Crippen molar-refractivity contribution < 1.29 is 0 Å². The van der Waals surface area contributed by atoms with Crippen molar-refractivity contribution in [1.82, 2.24) is 10.2 Å². The number of piperidine rings is 1. The zero-order valence-corrected chi connectivity index (χ0v) is 11.8. The molecule has 1 aliphatic heterocycles. The van der Waals surface area contributed by atoms with Gasteiger partial charge in [0.05, 0.1) is 0 Å². The summed E-state index contributed by atoms with van der Waals surface area (Å²) >= 11 is 0. The van der Waals surface area contributed by atoms with Crippen molar-refractivity contribution in [2.75, 3.05) is 26.2 Å². The van der Waals surface area contributed by atoms with E-state index in [4.69, 9.17) is 0 Å². The third kappa shape index (κ3) is 3.69. The summed E-state index contributed by atoms with van der Waals surface area (Å²) in [5, 5.41) is 3.47. The van der Waals surface area contributed by atoms with Gasteiger partial charge in [0.25, 0.3) is 0 Å². The lowest BCUT2D eigenvalue weighted by molar-refractivity contribution is 0.157. The fraction of sp³-hybridized carbons (Fsp3) is 1.00. The van der Waals surface area contributed by atoms with Crippen molar-refractivity contribution >= 4 is 0 Å². The van der Waals surface area contributed by atoms with Gasteiger partial charge in [-0.1, -0.05) is 20.3 Å². The molecule has 17 heavy (non-hydrogen) atoms. The van der Waals surface area contributed by atoms with Gasteiger partial charge >= 0.3 is 0 Å². The van der Waals surface area contributed by atoms with Crippen molar-refractivity contribution in [3.63, 3.8) is 0 Å². The molecule has 100 valence electrons. The second-order valence-electron chi connectivity index (χ2n) is 6.02. The molecule has 0 amide bonds. The average Bonchev–Trinajstić information content (AvgIpc) is 2.86. The Bertz CT molecular complexity index is 211. The minimum atomic E-state index is 0.903. The number of rotatable bonds is 5. The van der Waals surface area contributed by atoms with E-state index in [0.29, 0.717) is 0 Å². The first-order chi connectivity index (χ1) is 8.33. The van der Waals surface area contributed by atoms with E-state index in [1.165, 1.54) is 64.7 Å². The van der Waals surface area contributed by atoms with E-state index in [0.717, 1.165) is 17.9 Å². The normalized spacial score (nSPS) is 31.2. The largest absolute Gasteiger partial charge is 0.317 e. The third-order valence-corrected chi connectivity index (χ3v) is 4.96. The molecule has 2 rings (SSSR count). The van der Waals surface area contributed by atoms with E-state index < -0.39 is 0 Å². The highest BCUT2D eigenvalue weighted by atomic mass is 15.2. The highest BCUT2D eigenvalue weighted by molar-refractivity contribution is 4.84. The quantitative estimate of drug-likeness (QED) is 0.792. The van der Waals surface area contributed by atoms with Crippen LogP contribution in [0.1, 0.15) is 52.4 Å². The molecule has 0 aromatic rings. The van der Waals surface area contributed by atoms with Crippen molar-refractivity contribution in [1.29, 1.82) is 0 Å². The highest BCUT2D eigenvalue weighted by Crippen LogP contribution is 2.32. The van der Waals surface area contributed by atoms with E-state index in [1.807, 2.05) is 0 Å². The lowest BCUT2D eigenvalue weighted by Gasteiger charge is -2.33. The van der Waals surface area contributed by atoms with Crippen molar-refractivity contribution in [2.45, 2.75) is 58.4 Å². The van der Waals surface area contributed by atoms with Crippen LogP contribution in [0.2, 0.25) is 0 Å². The van der Waals surface area contributed by atoms with Crippen LogP contribution in [0.25, 0.3) is 0 Å². The van der Waals surface area contributed by atoms with Crippen LogP contribution in [-0.2, 0) is 0 Å². The maximum absolute atomic E-state index is 3.47. The second kappa shape index (κ2) is 6.75. The summed E-state index contributed by atoms with van der Waals surface area (Å²) < 4.78 is 0. The van der Waals surface area contributed by atoms with Gasteiger partial charge in [-0.25, -0.2) is 0 Å². The van der Waals surface area contributed by atoms with Crippen LogP contribution >= 0.6 is 0 Å². The second-order valence-corrected chi connectivity index (χ2v) is 6.02. The van der Waals surface area contributed by atoms with Gasteiger partial charge in [0.15, 0.2) is 0 Å². The van der Waals surface area contributed by atoms with Crippen LogP contribution in [0, 0.1) is 11.8 Å². The summed E-state index contributed by atoms with van der Waals surface area (Å²) in [6, 6.07) is 0.903. The molecule has 0 radical (unpaired) electrons. The molecule has 0 aromatic heterocycles. The Labute approximate surface area is 107 Å². The minimum absolute atomic E-state index is 0.903. The Hall–Kier alpha value is -0.0800. The van der Waals surface area contributed by atoms with Crippen LogP contribution < -0.4 is 5.32 Å². The Balaban J connectivity index is 1.79. The van der Waals surface area contributed by atoms with Crippen molar-refractivity contribution in [3.8, 4) is 0 Å². The number of hydrogen-bond donors (Lipinski definition) is 1. The van der Waals surface area contributed by atoms with E-state index in [9.17, 15) is 0 Å². The fourth-order valence-electron chi connectivity index (χ4n) is 3.68. The average molecular weight is 238 g/mol. The molecular weight excluding hydrogens is 208 g/mol. The van der Waals surface area contributed by atoms with E-state index in [2.05, 4.69) is 24.1 Å². The van der Waals surface area contributed by atoms with Gasteiger partial charge < -0.3 is 10.2 Å². The molecule has 1 saturated carbocycles. The molecule has 1 N–H and O–H groups in total. The molecule has 0 aromatic carbocycles. The smallest absolute Gasteiger partial charge is 0.00979 e. The Kier molecular flexibility index (Phi) is 5.30. The zero-order chi connectivity index (χ0) is 12.1. The summed E-state index contributed by atoms with van der Waals surface area (Å²) in [6.07, 6.45) is 8.57. The van der Waals surface area contributed by atoms with Gasteiger partial charge in [0.1, 0.15) is 0 Å². The van der Waals surface area contributed by atoms with E-state index >= 15 is 0 Å². The number of nitrogens with one attached hydrogen (secondary N) is 1. The van der Waals surface area contributed by atoms with Crippen molar-refractivity contribution in [3.05, 3.63) is 0 Å². The number of hydrogen-bond acceptors (Lipinski definition) is 2. The Morgan fingerprint density at radius 2 is 1.76 bits per heavy atom. The summed E-state index contributed by atoms with van der Waals surface area (Å²) in [5.74, 6) is 1.97. The van der Waals surface area contributed by atoms with Crippen LogP contribution in [0.3, 0.4) is 0 Å². The third-order valence-electron chi connectivity index (χ3n) is 4.96. The molecule has 1 aliphatic carbocycles. The van der Waals surface area contributed by atoms with Crippen LogP contribution in [0.15, 0.2) is 0 Å². The molecule has 0 spiro atoms. The summed E-state index contributed by atoms with van der Waals surface area (Å²) in [4.78, 5) is 2.78. The minimum Gasteiger partial charge on any atom is -0.317 e. The van der Waals surface area contributed by atoms with Gasteiger partial charge in [0, 0.05) is 12.6 Å². The topological polar surface area (TPSA) is 15.3 Å². The van der Waals surface area contributed by atoms with Gasteiger partial charge in [-0.2, -0.15) is 0 Å². The lowest BCUT2D eigenvalue weighted by atomic mass is 9.96. The molecule has 1 saturated heterocycles. The first-order valence-electron chi connectivity index (χ1n) is 7.78. The summed E-state index contributed by atoms with van der Waals surface area (Å²) in [5.41, 5.74) is 0. The predicted octanol–water partition coefficient (Wildman–Crippen LogP) is 2.89. The molecule has 2 unspecified atom stereocenters. The Morgan fingerprint density at radius 3 is 2.35 bits per heavy atom. The summed E-state index contributed by atoms with van der Waals surface area (Å²) in [6.45, 7) is 9.80. The SMILES string of the molecule is CCC1CCC(N(CC)CC2CCNCC2)C1. The molecule has 1 heterocycles. The first-order valence-corrected chi connectivity index (χ1v) is 7.78. The molecule has 2 atom stereocenters. The van der Waals surface area contributed by atoms with Gasteiger partial charge in [0.2, 0.25) is 0 Å². The number of nitrogens with zero attached hydrogens (tertiary/aromatic N) is 1. The lowest BCUT2D eigenvalue weighted by Crippen LogP contribution is -2.40. The predicted molar refractivity (Wildman–Crippen MR) is 74.3 cm³/mol. The van der Waals surface area contributed by atoms with Crippen LogP contribution in [-0.4, -0.2) is 37.1 Å². The van der Waals surface area contributed by atoms with E-state index in [1.54, 1.807) is 0 Å². The first kappa shape index (κ1) is 13.4. The molecule has 2 aliphatic rings. The maximum Gasteiger partial charge on any atom is 0.00979 e. The summed E-state index contributed by atoms with van der Waals surface area (Å²) in [7, 11) is 0. The molecule has 2 fully saturated rings. The van der Waals surface area contributed by atoms with Gasteiger partial charge in [-0.05, 0) is 63.6 Å². The van der Waals surface area contributed by atoms with Gasteiger partial charge in [-0.3, -0.25) is 0 Å². The monoisotopic (exact) mass is 238 g/mol. The molecule has 2 heteroatoms. The molecule has 0 bridgehead atoms. The fourth-order valence-corrected chi connectivity index (χ4v) is 3.68. The maximum atomic E-state index is 3.47. The van der Waals surface area contributed by atoms with Crippen molar-refractivity contribution in [2.24, 2.45) is 11.8 Å². The zero-order valence-electron chi connectivity index (χ0n) is 11.8. The Morgan fingerprint density at radius 1 is 1.00 bits per heavy atom.